The number of thioether (sulfide) groups is 1. The van der Waals surface area contributed by atoms with Gasteiger partial charge in [-0.1, -0.05) is 36.4 Å². The van der Waals surface area contributed by atoms with E-state index in [9.17, 15) is 4.79 Å². The summed E-state index contributed by atoms with van der Waals surface area (Å²) in [5, 5.41) is 0. The molecule has 0 aliphatic carbocycles. The molecule has 0 saturated heterocycles. The van der Waals surface area contributed by atoms with Crippen molar-refractivity contribution in [3.63, 3.8) is 0 Å². The summed E-state index contributed by atoms with van der Waals surface area (Å²) in [6, 6.07) is 15.9. The number of carbonyl (C=O) groups excluding carboxylic acids is 1. The molecule has 2 heteroatoms. The fourth-order valence-electron chi connectivity index (χ4n) is 1.95. The average Bonchev–Trinajstić information content (AvgIpc) is 2.39. The molecule has 0 radical (unpaired) electrons. The van der Waals surface area contributed by atoms with Gasteiger partial charge in [0.05, 0.1) is 0 Å². The molecule has 0 N–H and O–H groups in total. The van der Waals surface area contributed by atoms with Gasteiger partial charge < -0.3 is 0 Å². The minimum atomic E-state index is 0.186. The van der Waals surface area contributed by atoms with E-state index in [0.717, 1.165) is 16.7 Å². The lowest BCUT2D eigenvalue weighted by Gasteiger charge is -2.07. The van der Waals surface area contributed by atoms with Crippen molar-refractivity contribution < 1.29 is 4.79 Å². The summed E-state index contributed by atoms with van der Waals surface area (Å²) in [5.41, 5.74) is 2.95. The molecule has 0 atom stereocenters. The lowest BCUT2D eigenvalue weighted by molar-refractivity contribution is 0.0992. The molecule has 0 amide bonds. The van der Waals surface area contributed by atoms with Gasteiger partial charge in [-0.3, -0.25) is 4.79 Å². The van der Waals surface area contributed by atoms with Gasteiger partial charge in [0.15, 0.2) is 5.78 Å². The van der Waals surface area contributed by atoms with Gasteiger partial charge in [0.1, 0.15) is 0 Å². The molecular formula is C16H16OS. The molecule has 0 bridgehead atoms. The Hall–Kier alpha value is -1.54. The third-order valence-electron chi connectivity index (χ3n) is 2.94. The molecule has 0 saturated carbocycles. The highest BCUT2D eigenvalue weighted by atomic mass is 32.2. The van der Waals surface area contributed by atoms with Crippen LogP contribution in [0.2, 0.25) is 0 Å². The summed E-state index contributed by atoms with van der Waals surface area (Å²) in [6.45, 7) is 2.00. The van der Waals surface area contributed by atoms with Crippen LogP contribution in [-0.4, -0.2) is 12.0 Å². The minimum absolute atomic E-state index is 0.186. The zero-order valence-electron chi connectivity index (χ0n) is 10.6. The quantitative estimate of drug-likeness (QED) is 0.604. The van der Waals surface area contributed by atoms with Gasteiger partial charge in [0.25, 0.3) is 0 Å². The largest absolute Gasteiger partial charge is 0.294 e. The Morgan fingerprint density at radius 3 is 2.44 bits per heavy atom. The Morgan fingerprint density at radius 2 is 1.83 bits per heavy atom. The van der Waals surface area contributed by atoms with E-state index in [-0.39, 0.29) is 5.78 Å². The van der Waals surface area contributed by atoms with E-state index < -0.39 is 0 Å². The Balaban J connectivity index is 2.19. The molecule has 0 spiro atoms. The van der Waals surface area contributed by atoms with Crippen molar-refractivity contribution in [1.82, 2.24) is 0 Å². The molecule has 2 rings (SSSR count). The Labute approximate surface area is 112 Å². The molecule has 0 aliphatic heterocycles. The van der Waals surface area contributed by atoms with Crippen molar-refractivity contribution in [3.05, 3.63) is 65.2 Å². The van der Waals surface area contributed by atoms with Gasteiger partial charge in [-0.15, -0.1) is 11.8 Å². The summed E-state index contributed by atoms with van der Waals surface area (Å²) < 4.78 is 0. The monoisotopic (exact) mass is 256 g/mol. The van der Waals surface area contributed by atoms with Crippen LogP contribution in [0.15, 0.2) is 53.4 Å². The average molecular weight is 256 g/mol. The summed E-state index contributed by atoms with van der Waals surface area (Å²) in [7, 11) is 0. The zero-order valence-corrected chi connectivity index (χ0v) is 11.5. The van der Waals surface area contributed by atoms with E-state index in [0.29, 0.717) is 6.42 Å². The van der Waals surface area contributed by atoms with E-state index >= 15 is 0 Å². The summed E-state index contributed by atoms with van der Waals surface area (Å²) >= 11 is 1.70. The predicted octanol–water partition coefficient (Wildman–Crippen LogP) is 4.14. The van der Waals surface area contributed by atoms with Crippen molar-refractivity contribution in [2.75, 3.05) is 6.26 Å². The number of benzene rings is 2. The number of ketones is 1. The number of hydrogen-bond acceptors (Lipinski definition) is 2. The second kappa shape index (κ2) is 5.87. The molecule has 2 aromatic carbocycles. The zero-order chi connectivity index (χ0) is 13.0. The fraction of sp³-hybridized carbons (Fsp3) is 0.188. The van der Waals surface area contributed by atoms with Gasteiger partial charge in [0.2, 0.25) is 0 Å². The van der Waals surface area contributed by atoms with E-state index in [2.05, 4.69) is 6.07 Å². The van der Waals surface area contributed by atoms with E-state index in [4.69, 9.17) is 0 Å². The molecule has 2 aromatic rings. The third kappa shape index (κ3) is 3.02. The number of aryl methyl sites for hydroxylation is 1. The van der Waals surface area contributed by atoms with Crippen LogP contribution >= 0.6 is 11.8 Å². The molecular weight excluding hydrogens is 240 g/mol. The van der Waals surface area contributed by atoms with Crippen LogP contribution in [-0.2, 0) is 6.42 Å². The van der Waals surface area contributed by atoms with Crippen LogP contribution in [0, 0.1) is 6.92 Å². The number of rotatable bonds is 4. The van der Waals surface area contributed by atoms with Crippen LogP contribution in [0.1, 0.15) is 21.5 Å². The van der Waals surface area contributed by atoms with Gasteiger partial charge in [0, 0.05) is 16.9 Å². The number of carbonyl (C=O) groups is 1. The van der Waals surface area contributed by atoms with Crippen LogP contribution in [0.3, 0.4) is 0 Å². The molecule has 0 unspecified atom stereocenters. The van der Waals surface area contributed by atoms with Crippen LogP contribution in [0.25, 0.3) is 0 Å². The van der Waals surface area contributed by atoms with E-state index in [1.807, 2.05) is 55.6 Å². The highest BCUT2D eigenvalue weighted by molar-refractivity contribution is 7.98. The molecule has 18 heavy (non-hydrogen) atoms. The summed E-state index contributed by atoms with van der Waals surface area (Å²) in [5.74, 6) is 0.186. The topological polar surface area (TPSA) is 17.1 Å². The Morgan fingerprint density at radius 1 is 1.11 bits per heavy atom. The van der Waals surface area contributed by atoms with Gasteiger partial charge in [-0.25, -0.2) is 0 Å². The molecule has 0 fully saturated rings. The first kappa shape index (κ1) is 12.9. The third-order valence-corrected chi connectivity index (χ3v) is 3.67. The summed E-state index contributed by atoms with van der Waals surface area (Å²) in [6.07, 6.45) is 2.51. The normalized spacial score (nSPS) is 10.3. The van der Waals surface area contributed by atoms with Crippen molar-refractivity contribution in [2.24, 2.45) is 0 Å². The molecule has 0 aromatic heterocycles. The SMILES string of the molecule is CSc1ccc(C(=O)Cc2ccccc2)c(C)c1. The van der Waals surface area contributed by atoms with Crippen molar-refractivity contribution in [1.29, 1.82) is 0 Å². The lowest BCUT2D eigenvalue weighted by Crippen LogP contribution is -2.05. The predicted molar refractivity (Wildman–Crippen MR) is 77.4 cm³/mol. The number of Topliss-reactive ketones (excluding diaryl/α,β-unsaturated/α-hetero) is 1. The second-order valence-electron chi connectivity index (χ2n) is 4.27. The fourth-order valence-corrected chi connectivity index (χ4v) is 2.45. The number of hydrogen-bond donors (Lipinski definition) is 0. The highest BCUT2D eigenvalue weighted by Crippen LogP contribution is 2.20. The molecule has 92 valence electrons. The van der Waals surface area contributed by atoms with Gasteiger partial charge >= 0.3 is 0 Å². The second-order valence-corrected chi connectivity index (χ2v) is 5.15. The Bertz CT molecular complexity index is 546. The minimum Gasteiger partial charge on any atom is -0.294 e. The van der Waals surface area contributed by atoms with Crippen LogP contribution < -0.4 is 0 Å². The van der Waals surface area contributed by atoms with Crippen LogP contribution in [0.5, 0.6) is 0 Å². The van der Waals surface area contributed by atoms with Crippen molar-refractivity contribution >= 4 is 17.5 Å². The maximum atomic E-state index is 12.2. The van der Waals surface area contributed by atoms with Crippen molar-refractivity contribution in [3.8, 4) is 0 Å². The lowest BCUT2D eigenvalue weighted by atomic mass is 9.99. The molecule has 0 aliphatic rings. The Kier molecular flexibility index (Phi) is 4.21. The maximum absolute atomic E-state index is 12.2. The first-order chi connectivity index (χ1) is 8.70. The smallest absolute Gasteiger partial charge is 0.167 e. The van der Waals surface area contributed by atoms with E-state index in [1.165, 1.54) is 4.90 Å². The van der Waals surface area contributed by atoms with Crippen LogP contribution in [0.4, 0.5) is 0 Å². The first-order valence-electron chi connectivity index (χ1n) is 5.92. The highest BCUT2D eigenvalue weighted by Gasteiger charge is 2.10. The standard InChI is InChI=1S/C16H16OS/c1-12-10-14(18-2)8-9-15(12)16(17)11-13-6-4-3-5-7-13/h3-10H,11H2,1-2H3. The molecule has 0 heterocycles. The van der Waals surface area contributed by atoms with Crippen molar-refractivity contribution in [2.45, 2.75) is 18.2 Å². The maximum Gasteiger partial charge on any atom is 0.167 e. The first-order valence-corrected chi connectivity index (χ1v) is 7.15. The van der Waals surface area contributed by atoms with Gasteiger partial charge in [-0.05, 0) is 36.4 Å². The van der Waals surface area contributed by atoms with Gasteiger partial charge in [-0.2, -0.15) is 0 Å². The summed E-state index contributed by atoms with van der Waals surface area (Å²) in [4.78, 5) is 13.4. The molecule has 1 nitrogen and oxygen atoms in total. The van der Waals surface area contributed by atoms with E-state index in [1.54, 1.807) is 11.8 Å².